The number of hydrogen-bond donors (Lipinski definition) is 1. The molecule has 1 aliphatic rings. The van der Waals surface area contributed by atoms with Crippen molar-refractivity contribution in [3.8, 4) is 11.4 Å². The zero-order valence-electron chi connectivity index (χ0n) is 18.7. The minimum Gasteiger partial charge on any atom is -0.306 e. The fourth-order valence-corrected chi connectivity index (χ4v) is 4.94. The van der Waals surface area contributed by atoms with E-state index in [0.29, 0.717) is 0 Å². The molecule has 0 radical (unpaired) electrons. The van der Waals surface area contributed by atoms with Gasteiger partial charge in [-0.25, -0.2) is 9.78 Å². The van der Waals surface area contributed by atoms with Crippen molar-refractivity contribution in [2.45, 2.75) is 25.3 Å². The van der Waals surface area contributed by atoms with Gasteiger partial charge in [-0.05, 0) is 43.1 Å². The van der Waals surface area contributed by atoms with Gasteiger partial charge in [-0.15, -0.1) is 5.10 Å². The van der Waals surface area contributed by atoms with Crippen LogP contribution in [0.15, 0.2) is 84.4 Å². The maximum atomic E-state index is 12.9. The van der Waals surface area contributed by atoms with Gasteiger partial charge in [-0.2, -0.15) is 4.68 Å². The molecular formula is C26H25N7O. The summed E-state index contributed by atoms with van der Waals surface area (Å²) >= 11 is 0. The van der Waals surface area contributed by atoms with Crippen molar-refractivity contribution >= 4 is 10.8 Å². The molecule has 4 heterocycles. The van der Waals surface area contributed by atoms with E-state index in [0.717, 1.165) is 60.4 Å². The van der Waals surface area contributed by atoms with E-state index in [9.17, 15) is 4.79 Å². The summed E-state index contributed by atoms with van der Waals surface area (Å²) in [5.41, 5.74) is 2.96. The number of likely N-dealkylation sites (tertiary alicyclic amines) is 1. The van der Waals surface area contributed by atoms with Crippen LogP contribution in [-0.4, -0.2) is 47.3 Å². The fourth-order valence-electron chi connectivity index (χ4n) is 4.94. The molecular weight excluding hydrogens is 426 g/mol. The number of nitrogens with zero attached hydrogens (tertiary/aromatic N) is 6. The van der Waals surface area contributed by atoms with Gasteiger partial charge in [0.05, 0.1) is 17.7 Å². The second-order valence-corrected chi connectivity index (χ2v) is 8.77. The quantitative estimate of drug-likeness (QED) is 0.441. The molecule has 1 atom stereocenters. The van der Waals surface area contributed by atoms with Crippen LogP contribution in [0.5, 0.6) is 0 Å². The van der Waals surface area contributed by atoms with Gasteiger partial charge >= 0.3 is 5.69 Å². The molecule has 0 amide bonds. The van der Waals surface area contributed by atoms with Gasteiger partial charge < -0.3 is 4.57 Å². The third-order valence-electron chi connectivity index (χ3n) is 6.58. The van der Waals surface area contributed by atoms with E-state index in [4.69, 9.17) is 5.10 Å². The van der Waals surface area contributed by atoms with E-state index < -0.39 is 0 Å². The molecule has 170 valence electrons. The number of fused-ring (bicyclic) bond motifs is 1. The monoisotopic (exact) mass is 451 g/mol. The second kappa shape index (κ2) is 8.72. The maximum Gasteiger partial charge on any atom is 0.348 e. The molecule has 6 rings (SSSR count). The normalized spacial score (nSPS) is 16.8. The predicted octanol–water partition coefficient (Wildman–Crippen LogP) is 3.67. The Morgan fingerprint density at radius 3 is 2.82 bits per heavy atom. The number of benzene rings is 2. The summed E-state index contributed by atoms with van der Waals surface area (Å²) in [7, 11) is 0. The molecule has 0 bridgehead atoms. The Morgan fingerprint density at radius 2 is 1.91 bits per heavy atom. The van der Waals surface area contributed by atoms with Gasteiger partial charge in [-0.3, -0.25) is 14.9 Å². The van der Waals surface area contributed by atoms with Crippen molar-refractivity contribution in [2.24, 2.45) is 0 Å². The summed E-state index contributed by atoms with van der Waals surface area (Å²) in [4.78, 5) is 26.8. The highest BCUT2D eigenvalue weighted by Crippen LogP contribution is 2.27. The maximum absolute atomic E-state index is 12.9. The summed E-state index contributed by atoms with van der Waals surface area (Å²) in [5, 5.41) is 6.68. The van der Waals surface area contributed by atoms with Gasteiger partial charge in [0.1, 0.15) is 5.82 Å². The smallest absolute Gasteiger partial charge is 0.306 e. The Balaban J connectivity index is 1.26. The van der Waals surface area contributed by atoms with E-state index >= 15 is 0 Å². The minimum absolute atomic E-state index is 0.180. The molecule has 8 nitrogen and oxygen atoms in total. The Morgan fingerprint density at radius 1 is 1.00 bits per heavy atom. The van der Waals surface area contributed by atoms with Crippen LogP contribution in [0.25, 0.3) is 22.1 Å². The number of pyridine rings is 1. The lowest BCUT2D eigenvalue weighted by Crippen LogP contribution is -2.34. The van der Waals surface area contributed by atoms with E-state index in [1.165, 1.54) is 10.2 Å². The molecule has 0 spiro atoms. The highest BCUT2D eigenvalue weighted by molar-refractivity contribution is 5.89. The van der Waals surface area contributed by atoms with Crippen LogP contribution in [0.4, 0.5) is 0 Å². The van der Waals surface area contributed by atoms with Crippen molar-refractivity contribution in [3.63, 3.8) is 0 Å². The summed E-state index contributed by atoms with van der Waals surface area (Å²) in [6.07, 6.45) is 11.2. The third-order valence-corrected chi connectivity index (χ3v) is 6.58. The van der Waals surface area contributed by atoms with Crippen molar-refractivity contribution < 1.29 is 0 Å². The molecule has 34 heavy (non-hydrogen) atoms. The van der Waals surface area contributed by atoms with Crippen molar-refractivity contribution in [3.05, 3.63) is 102 Å². The van der Waals surface area contributed by atoms with E-state index in [1.807, 2.05) is 36.8 Å². The predicted molar refractivity (Wildman–Crippen MR) is 130 cm³/mol. The minimum atomic E-state index is -0.207. The summed E-state index contributed by atoms with van der Waals surface area (Å²) in [6.45, 7) is 2.72. The number of hydrogen-bond acceptors (Lipinski definition) is 5. The highest BCUT2D eigenvalue weighted by atomic mass is 16.1. The zero-order valence-corrected chi connectivity index (χ0v) is 18.7. The molecule has 0 saturated carbocycles. The molecule has 1 fully saturated rings. The van der Waals surface area contributed by atoms with Crippen LogP contribution < -0.4 is 5.69 Å². The van der Waals surface area contributed by atoms with Crippen molar-refractivity contribution in [1.82, 2.24) is 34.2 Å². The lowest BCUT2D eigenvalue weighted by atomic mass is 9.97. The van der Waals surface area contributed by atoms with Gasteiger partial charge in [0, 0.05) is 54.6 Å². The summed E-state index contributed by atoms with van der Waals surface area (Å²) in [6, 6.07) is 16.2. The Kier molecular flexibility index (Phi) is 5.27. The molecule has 1 unspecified atom stereocenters. The fraction of sp³-hybridized carbons (Fsp3) is 0.231. The summed E-state index contributed by atoms with van der Waals surface area (Å²) < 4.78 is 3.54. The SMILES string of the molecule is O=c1[nH]c(C2CCCN(Cc3ccccc3-n3ccnc3)C2)nn1-c1cccc2cnccc12. The van der Waals surface area contributed by atoms with Gasteiger partial charge in [0.15, 0.2) is 0 Å². The number of imidazole rings is 1. The molecule has 1 saturated heterocycles. The largest absolute Gasteiger partial charge is 0.348 e. The second-order valence-electron chi connectivity index (χ2n) is 8.77. The molecule has 1 aliphatic heterocycles. The van der Waals surface area contributed by atoms with Crippen LogP contribution in [0.2, 0.25) is 0 Å². The molecule has 2 aromatic carbocycles. The first-order valence-corrected chi connectivity index (χ1v) is 11.6. The standard InChI is InChI=1S/C26H25N7O/c34-26-29-25(30-33(26)24-9-3-6-19-15-27-11-10-22(19)24)21-7-4-13-31(17-21)16-20-5-1-2-8-23(20)32-14-12-28-18-32/h1-3,5-6,8-12,14-15,18,21H,4,7,13,16-17H2,(H,29,30,34). The van der Waals surface area contributed by atoms with E-state index in [1.54, 1.807) is 18.6 Å². The van der Waals surface area contributed by atoms with Crippen LogP contribution in [0.1, 0.15) is 30.1 Å². The van der Waals surface area contributed by atoms with Crippen LogP contribution >= 0.6 is 0 Å². The lowest BCUT2D eigenvalue weighted by molar-refractivity contribution is 0.196. The molecule has 1 N–H and O–H groups in total. The first-order valence-electron chi connectivity index (χ1n) is 11.6. The topological polar surface area (TPSA) is 84.6 Å². The molecule has 3 aromatic heterocycles. The number of aromatic nitrogens is 6. The van der Waals surface area contributed by atoms with Crippen LogP contribution in [0, 0.1) is 0 Å². The molecule has 5 aromatic rings. The molecule has 0 aliphatic carbocycles. The highest BCUT2D eigenvalue weighted by Gasteiger charge is 2.25. The third kappa shape index (κ3) is 3.82. The van der Waals surface area contributed by atoms with Gasteiger partial charge in [0.25, 0.3) is 0 Å². The van der Waals surface area contributed by atoms with Gasteiger partial charge in [-0.1, -0.05) is 30.3 Å². The number of H-pyrrole nitrogens is 1. The number of piperidine rings is 1. The summed E-state index contributed by atoms with van der Waals surface area (Å²) in [5.74, 6) is 0.934. The number of para-hydroxylation sites is 1. The first kappa shape index (κ1) is 20.6. The van der Waals surface area contributed by atoms with Crippen LogP contribution in [0.3, 0.4) is 0 Å². The van der Waals surface area contributed by atoms with E-state index in [2.05, 4.69) is 48.7 Å². The number of aromatic amines is 1. The number of rotatable bonds is 5. The average Bonchev–Trinajstić information content (AvgIpc) is 3.54. The van der Waals surface area contributed by atoms with E-state index in [-0.39, 0.29) is 11.6 Å². The molecule has 8 heteroatoms. The zero-order chi connectivity index (χ0) is 22.9. The average molecular weight is 452 g/mol. The number of nitrogens with one attached hydrogen (secondary N) is 1. The Labute approximate surface area is 196 Å². The first-order chi connectivity index (χ1) is 16.8. The Bertz CT molecular complexity index is 1480. The van der Waals surface area contributed by atoms with Crippen LogP contribution in [-0.2, 0) is 6.54 Å². The van der Waals surface area contributed by atoms with Crippen molar-refractivity contribution in [2.75, 3.05) is 13.1 Å². The van der Waals surface area contributed by atoms with Gasteiger partial charge in [0.2, 0.25) is 0 Å². The van der Waals surface area contributed by atoms with Crippen molar-refractivity contribution in [1.29, 1.82) is 0 Å². The Hall–Kier alpha value is -4.04. The lowest BCUT2D eigenvalue weighted by Gasteiger charge is -2.32.